The lowest BCUT2D eigenvalue weighted by Gasteiger charge is -2.41. The SMILES string of the molecule is CC1(C)CCCC(O)(Cc2ccnc3ccccc23)C1. The van der Waals surface area contributed by atoms with Crippen LogP contribution in [0.3, 0.4) is 0 Å². The van der Waals surface area contributed by atoms with Gasteiger partial charge in [-0.15, -0.1) is 0 Å². The smallest absolute Gasteiger partial charge is 0.0704 e. The summed E-state index contributed by atoms with van der Waals surface area (Å²) in [6, 6.07) is 10.3. The zero-order valence-corrected chi connectivity index (χ0v) is 12.4. The molecule has 1 atom stereocenters. The minimum Gasteiger partial charge on any atom is -0.390 e. The third-order valence-electron chi connectivity index (χ3n) is 4.56. The number of hydrogen-bond donors (Lipinski definition) is 1. The van der Waals surface area contributed by atoms with Crippen molar-refractivity contribution >= 4 is 10.9 Å². The molecule has 1 unspecified atom stereocenters. The average molecular weight is 269 g/mol. The molecule has 0 amide bonds. The fourth-order valence-electron chi connectivity index (χ4n) is 3.78. The standard InChI is InChI=1S/C18H23NO/c1-17(2)9-5-10-18(20,13-17)12-14-8-11-19-16-7-4-3-6-15(14)16/h3-4,6-8,11,20H,5,9-10,12-13H2,1-2H3. The van der Waals surface area contributed by atoms with Crippen LogP contribution in [0.1, 0.15) is 45.1 Å². The van der Waals surface area contributed by atoms with Crippen molar-refractivity contribution in [1.82, 2.24) is 4.98 Å². The quantitative estimate of drug-likeness (QED) is 0.890. The van der Waals surface area contributed by atoms with Gasteiger partial charge in [0.25, 0.3) is 0 Å². The zero-order valence-electron chi connectivity index (χ0n) is 12.4. The molecule has 1 N–H and O–H groups in total. The molecule has 3 rings (SSSR count). The number of para-hydroxylation sites is 1. The first kappa shape index (κ1) is 13.6. The Kier molecular flexibility index (Phi) is 3.29. The van der Waals surface area contributed by atoms with Gasteiger partial charge in [-0.2, -0.15) is 0 Å². The van der Waals surface area contributed by atoms with E-state index in [1.54, 1.807) is 0 Å². The molecule has 2 nitrogen and oxygen atoms in total. The maximum Gasteiger partial charge on any atom is 0.0704 e. The van der Waals surface area contributed by atoms with Crippen molar-refractivity contribution in [2.24, 2.45) is 5.41 Å². The lowest BCUT2D eigenvalue weighted by Crippen LogP contribution is -2.40. The van der Waals surface area contributed by atoms with Gasteiger partial charge in [-0.3, -0.25) is 4.98 Å². The molecule has 106 valence electrons. The number of nitrogens with zero attached hydrogens (tertiary/aromatic N) is 1. The molecule has 1 heterocycles. The molecule has 0 radical (unpaired) electrons. The van der Waals surface area contributed by atoms with Crippen LogP contribution in [0, 0.1) is 5.41 Å². The second-order valence-electron chi connectivity index (χ2n) is 7.08. The summed E-state index contributed by atoms with van der Waals surface area (Å²) in [4.78, 5) is 4.40. The Balaban J connectivity index is 1.93. The van der Waals surface area contributed by atoms with Crippen molar-refractivity contribution in [2.45, 2.75) is 51.6 Å². The molecular weight excluding hydrogens is 246 g/mol. The summed E-state index contributed by atoms with van der Waals surface area (Å²) in [5.74, 6) is 0. The van der Waals surface area contributed by atoms with Gasteiger partial charge in [-0.1, -0.05) is 38.5 Å². The second-order valence-corrected chi connectivity index (χ2v) is 7.08. The van der Waals surface area contributed by atoms with Gasteiger partial charge in [0.1, 0.15) is 0 Å². The summed E-state index contributed by atoms with van der Waals surface area (Å²) >= 11 is 0. The molecule has 20 heavy (non-hydrogen) atoms. The van der Waals surface area contributed by atoms with Crippen molar-refractivity contribution in [2.75, 3.05) is 0 Å². The van der Waals surface area contributed by atoms with Gasteiger partial charge in [0, 0.05) is 18.0 Å². The fourth-order valence-corrected chi connectivity index (χ4v) is 3.78. The van der Waals surface area contributed by atoms with E-state index in [4.69, 9.17) is 0 Å². The Hall–Kier alpha value is -1.41. The number of aromatic nitrogens is 1. The van der Waals surface area contributed by atoms with Crippen LogP contribution in [-0.2, 0) is 6.42 Å². The van der Waals surface area contributed by atoms with Crippen LogP contribution in [0.5, 0.6) is 0 Å². The van der Waals surface area contributed by atoms with E-state index in [1.807, 2.05) is 24.4 Å². The summed E-state index contributed by atoms with van der Waals surface area (Å²) in [5, 5.41) is 12.2. The molecular formula is C18H23NO. The van der Waals surface area contributed by atoms with Gasteiger partial charge in [0.05, 0.1) is 11.1 Å². The monoisotopic (exact) mass is 269 g/mol. The van der Waals surface area contributed by atoms with Gasteiger partial charge in [0.2, 0.25) is 0 Å². The molecule has 0 saturated heterocycles. The normalized spacial score (nSPS) is 25.8. The molecule has 2 aromatic rings. The number of hydrogen-bond acceptors (Lipinski definition) is 2. The van der Waals surface area contributed by atoms with Crippen molar-refractivity contribution < 1.29 is 5.11 Å². The number of fused-ring (bicyclic) bond motifs is 1. The average Bonchev–Trinajstić information content (AvgIpc) is 2.37. The number of rotatable bonds is 2. The molecule has 0 spiro atoms. The molecule has 1 saturated carbocycles. The van der Waals surface area contributed by atoms with Gasteiger partial charge in [-0.25, -0.2) is 0 Å². The van der Waals surface area contributed by atoms with Gasteiger partial charge in [0.15, 0.2) is 0 Å². The van der Waals surface area contributed by atoms with E-state index in [0.29, 0.717) is 0 Å². The van der Waals surface area contributed by atoms with E-state index in [9.17, 15) is 5.11 Å². The third-order valence-corrected chi connectivity index (χ3v) is 4.56. The van der Waals surface area contributed by atoms with E-state index in [-0.39, 0.29) is 5.41 Å². The van der Waals surface area contributed by atoms with Crippen LogP contribution in [0.2, 0.25) is 0 Å². The van der Waals surface area contributed by atoms with Crippen LogP contribution < -0.4 is 0 Å². The molecule has 1 aromatic carbocycles. The fraction of sp³-hybridized carbons (Fsp3) is 0.500. The van der Waals surface area contributed by atoms with E-state index in [2.05, 4.69) is 31.0 Å². The van der Waals surface area contributed by atoms with Crippen LogP contribution in [-0.4, -0.2) is 15.7 Å². The minimum absolute atomic E-state index is 0.246. The molecule has 1 fully saturated rings. The van der Waals surface area contributed by atoms with Gasteiger partial charge >= 0.3 is 0 Å². The van der Waals surface area contributed by atoms with Gasteiger partial charge in [-0.05, 0) is 42.4 Å². The highest BCUT2D eigenvalue weighted by atomic mass is 16.3. The molecule has 1 aromatic heterocycles. The number of benzene rings is 1. The topological polar surface area (TPSA) is 33.1 Å². The second kappa shape index (κ2) is 4.85. The summed E-state index contributed by atoms with van der Waals surface area (Å²) in [7, 11) is 0. The predicted molar refractivity (Wildman–Crippen MR) is 82.6 cm³/mol. The van der Waals surface area contributed by atoms with E-state index < -0.39 is 5.60 Å². The first-order valence-electron chi connectivity index (χ1n) is 7.53. The largest absolute Gasteiger partial charge is 0.390 e. The molecule has 0 aliphatic heterocycles. The van der Waals surface area contributed by atoms with E-state index >= 15 is 0 Å². The molecule has 2 heteroatoms. The molecule has 1 aliphatic rings. The zero-order chi connectivity index (χ0) is 14.2. The highest BCUT2D eigenvalue weighted by molar-refractivity contribution is 5.81. The number of aliphatic hydroxyl groups is 1. The summed E-state index contributed by atoms with van der Waals surface area (Å²) in [6.07, 6.45) is 6.72. The van der Waals surface area contributed by atoms with Crippen LogP contribution in [0.4, 0.5) is 0 Å². The van der Waals surface area contributed by atoms with E-state index in [0.717, 1.165) is 31.2 Å². The minimum atomic E-state index is -0.564. The Morgan fingerprint density at radius 2 is 1.95 bits per heavy atom. The third kappa shape index (κ3) is 2.71. The van der Waals surface area contributed by atoms with Gasteiger partial charge < -0.3 is 5.11 Å². The highest BCUT2D eigenvalue weighted by Gasteiger charge is 2.38. The van der Waals surface area contributed by atoms with Crippen LogP contribution in [0.15, 0.2) is 36.5 Å². The van der Waals surface area contributed by atoms with Crippen LogP contribution >= 0.6 is 0 Å². The lowest BCUT2D eigenvalue weighted by atomic mass is 9.68. The summed E-state index contributed by atoms with van der Waals surface area (Å²) < 4.78 is 0. The van der Waals surface area contributed by atoms with Crippen molar-refractivity contribution in [3.05, 3.63) is 42.1 Å². The predicted octanol–water partition coefficient (Wildman–Crippen LogP) is 4.11. The highest BCUT2D eigenvalue weighted by Crippen LogP contribution is 2.42. The van der Waals surface area contributed by atoms with Crippen molar-refractivity contribution in [1.29, 1.82) is 0 Å². The van der Waals surface area contributed by atoms with Crippen LogP contribution in [0.25, 0.3) is 10.9 Å². The maximum absolute atomic E-state index is 11.0. The first-order valence-corrected chi connectivity index (χ1v) is 7.53. The summed E-state index contributed by atoms with van der Waals surface area (Å²) in [5.41, 5.74) is 1.92. The Bertz CT molecular complexity index is 614. The molecule has 0 bridgehead atoms. The maximum atomic E-state index is 11.0. The Morgan fingerprint density at radius 1 is 1.15 bits per heavy atom. The first-order chi connectivity index (χ1) is 9.48. The van der Waals surface area contributed by atoms with E-state index in [1.165, 1.54) is 17.4 Å². The molecule has 1 aliphatic carbocycles. The van der Waals surface area contributed by atoms with Crippen molar-refractivity contribution in [3.63, 3.8) is 0 Å². The summed E-state index contributed by atoms with van der Waals surface area (Å²) in [6.45, 7) is 4.53. The number of pyridine rings is 1. The Labute approximate surface area is 120 Å². The Morgan fingerprint density at radius 3 is 2.75 bits per heavy atom. The van der Waals surface area contributed by atoms with Crippen molar-refractivity contribution in [3.8, 4) is 0 Å². The lowest BCUT2D eigenvalue weighted by molar-refractivity contribution is -0.0379.